The number of halogens is 3. The van der Waals surface area contributed by atoms with Crippen molar-refractivity contribution in [3.8, 4) is 5.75 Å². The summed E-state index contributed by atoms with van der Waals surface area (Å²) in [6.45, 7) is 2.50. The van der Waals surface area contributed by atoms with Crippen molar-refractivity contribution in [3.05, 3.63) is 63.0 Å². The maximum Gasteiger partial charge on any atom is 0.262 e. The second-order valence-electron chi connectivity index (χ2n) is 6.48. The van der Waals surface area contributed by atoms with Crippen LogP contribution in [0.25, 0.3) is 10.9 Å². The summed E-state index contributed by atoms with van der Waals surface area (Å²) in [5, 5.41) is 21.5. The van der Waals surface area contributed by atoms with E-state index in [1.807, 2.05) is 0 Å². The lowest BCUT2D eigenvalue weighted by molar-refractivity contribution is -0.123. The number of phenols is 1. The first kappa shape index (κ1) is 21.1. The average Bonchev–Trinajstić information content (AvgIpc) is 2.98. The van der Waals surface area contributed by atoms with Gasteiger partial charge in [-0.2, -0.15) is 0 Å². The molecule has 2 aromatic carbocycles. The van der Waals surface area contributed by atoms with Crippen LogP contribution in [0.2, 0.25) is 10.0 Å². The normalized spacial score (nSPS) is 12.2. The van der Waals surface area contributed by atoms with Crippen molar-refractivity contribution in [1.82, 2.24) is 9.88 Å². The van der Waals surface area contributed by atoms with Crippen molar-refractivity contribution in [1.29, 1.82) is 0 Å². The predicted octanol–water partition coefficient (Wildman–Crippen LogP) is 3.96. The maximum absolute atomic E-state index is 14.9. The van der Waals surface area contributed by atoms with Crippen molar-refractivity contribution < 1.29 is 24.2 Å². The smallest absolute Gasteiger partial charge is 0.262 e. The average molecular weight is 439 g/mol. The fourth-order valence-electron chi connectivity index (χ4n) is 3.39. The monoisotopic (exact) mass is 438 g/mol. The van der Waals surface area contributed by atoms with Crippen LogP contribution >= 0.6 is 23.2 Å². The van der Waals surface area contributed by atoms with Crippen LogP contribution < -0.4 is 5.32 Å². The zero-order valence-corrected chi connectivity index (χ0v) is 17.0. The summed E-state index contributed by atoms with van der Waals surface area (Å²) in [4.78, 5) is 25.5. The van der Waals surface area contributed by atoms with E-state index in [4.69, 9.17) is 28.3 Å². The van der Waals surface area contributed by atoms with Crippen molar-refractivity contribution in [3.63, 3.8) is 0 Å². The largest absolute Gasteiger partial charge is 0.505 e. The molecule has 3 aromatic rings. The van der Waals surface area contributed by atoms with Gasteiger partial charge in [-0.1, -0.05) is 23.2 Å². The number of carbonyl (C=O) groups is 2. The van der Waals surface area contributed by atoms with Gasteiger partial charge < -0.3 is 15.5 Å². The van der Waals surface area contributed by atoms with E-state index in [9.17, 15) is 19.1 Å². The summed E-state index contributed by atoms with van der Waals surface area (Å²) in [5.74, 6) is -3.50. The molecule has 152 valence electrons. The van der Waals surface area contributed by atoms with Gasteiger partial charge in [0.2, 0.25) is 5.91 Å². The molecule has 3 rings (SSSR count). The Hall–Kier alpha value is -2.61. The molecule has 1 atom stereocenters. The van der Waals surface area contributed by atoms with Gasteiger partial charge in [0.15, 0.2) is 11.6 Å². The number of benzene rings is 2. The Bertz CT molecular complexity index is 1140. The minimum absolute atomic E-state index is 0.0449. The highest BCUT2D eigenvalue weighted by Crippen LogP contribution is 2.37. The number of fused-ring (bicyclic) bond motifs is 1. The van der Waals surface area contributed by atoms with Crippen LogP contribution in [-0.2, 0) is 4.79 Å². The lowest BCUT2D eigenvalue weighted by atomic mass is 9.96. The highest BCUT2D eigenvalue weighted by atomic mass is 35.5. The summed E-state index contributed by atoms with van der Waals surface area (Å²) in [6.07, 6.45) is 0. The van der Waals surface area contributed by atoms with Gasteiger partial charge in [0, 0.05) is 16.6 Å². The zero-order valence-electron chi connectivity index (χ0n) is 15.5. The molecule has 0 saturated carbocycles. The Balaban J connectivity index is 2.29. The van der Waals surface area contributed by atoms with Gasteiger partial charge in [-0.3, -0.25) is 14.2 Å². The standard InChI is InChI=1S/C20H17Cl2FN2O4/c1-9(19(28)24-8-26)16-10(2)25(14-5-6-15(27)18(23)17(14)16)20(29)11-3-4-12(21)13(22)7-11/h3-7,9,26-27H,8H2,1-2H3,(H,24,28)/t9-/m0/s1. The van der Waals surface area contributed by atoms with E-state index in [0.717, 1.165) is 6.07 Å². The molecule has 0 aliphatic rings. The summed E-state index contributed by atoms with van der Waals surface area (Å²) < 4.78 is 16.1. The molecule has 0 saturated heterocycles. The van der Waals surface area contributed by atoms with E-state index in [1.165, 1.54) is 35.8 Å². The van der Waals surface area contributed by atoms with Crippen LogP contribution in [0.15, 0.2) is 30.3 Å². The minimum Gasteiger partial charge on any atom is -0.505 e. The summed E-state index contributed by atoms with van der Waals surface area (Å²) in [7, 11) is 0. The van der Waals surface area contributed by atoms with Crippen LogP contribution in [0.3, 0.4) is 0 Å². The number of hydrogen-bond acceptors (Lipinski definition) is 4. The number of rotatable bonds is 4. The number of carbonyl (C=O) groups excluding carboxylic acids is 2. The SMILES string of the molecule is Cc1c([C@H](C)C(=O)NCO)c2c(F)c(O)ccc2n1C(=O)c1ccc(Cl)c(Cl)c1. The second-order valence-corrected chi connectivity index (χ2v) is 7.30. The zero-order chi connectivity index (χ0) is 21.5. The predicted molar refractivity (Wildman–Crippen MR) is 108 cm³/mol. The molecular weight excluding hydrogens is 422 g/mol. The molecule has 3 N–H and O–H groups in total. The van der Waals surface area contributed by atoms with Gasteiger partial charge >= 0.3 is 0 Å². The number of hydrogen-bond donors (Lipinski definition) is 3. The van der Waals surface area contributed by atoms with Crippen molar-refractivity contribution >= 4 is 45.9 Å². The number of aromatic nitrogens is 1. The number of nitrogens with one attached hydrogen (secondary N) is 1. The third kappa shape index (κ3) is 3.57. The van der Waals surface area contributed by atoms with Gasteiger partial charge in [0.25, 0.3) is 5.91 Å². The van der Waals surface area contributed by atoms with E-state index in [1.54, 1.807) is 6.92 Å². The molecule has 1 amide bonds. The van der Waals surface area contributed by atoms with Gasteiger partial charge in [-0.25, -0.2) is 4.39 Å². The molecule has 9 heteroatoms. The van der Waals surface area contributed by atoms with E-state index in [0.29, 0.717) is 5.69 Å². The summed E-state index contributed by atoms with van der Waals surface area (Å²) in [5.41, 5.74) is 0.952. The first-order valence-electron chi connectivity index (χ1n) is 8.59. The Labute approximate surface area is 175 Å². The number of nitrogens with zero attached hydrogens (tertiary/aromatic N) is 1. The first-order chi connectivity index (χ1) is 13.7. The number of amides is 1. The Kier molecular flexibility index (Phi) is 5.84. The quantitative estimate of drug-likeness (QED) is 0.537. The molecule has 0 aliphatic carbocycles. The molecule has 0 radical (unpaired) electrons. The van der Waals surface area contributed by atoms with Crippen LogP contribution in [0, 0.1) is 12.7 Å². The van der Waals surface area contributed by atoms with E-state index >= 15 is 0 Å². The molecule has 1 aromatic heterocycles. The van der Waals surface area contributed by atoms with Crippen molar-refractivity contribution in [2.24, 2.45) is 0 Å². The molecular formula is C20H17Cl2FN2O4. The molecule has 1 heterocycles. The molecule has 0 bridgehead atoms. The maximum atomic E-state index is 14.9. The van der Waals surface area contributed by atoms with E-state index in [2.05, 4.69) is 5.32 Å². The fourth-order valence-corrected chi connectivity index (χ4v) is 3.69. The highest BCUT2D eigenvalue weighted by molar-refractivity contribution is 6.42. The summed E-state index contributed by atoms with van der Waals surface area (Å²) >= 11 is 11.9. The Morgan fingerprint density at radius 2 is 1.90 bits per heavy atom. The third-order valence-corrected chi connectivity index (χ3v) is 5.52. The molecule has 0 spiro atoms. The van der Waals surface area contributed by atoms with Gasteiger partial charge in [0.05, 0.1) is 21.5 Å². The van der Waals surface area contributed by atoms with Crippen LogP contribution in [-0.4, -0.2) is 33.3 Å². The number of phenolic OH excluding ortho intramolecular Hbond substituents is 1. The van der Waals surface area contributed by atoms with Crippen LogP contribution in [0.5, 0.6) is 5.75 Å². The molecule has 6 nitrogen and oxygen atoms in total. The first-order valence-corrected chi connectivity index (χ1v) is 9.35. The molecule has 0 unspecified atom stereocenters. The molecule has 0 aliphatic heterocycles. The minimum atomic E-state index is -0.940. The fraction of sp³-hybridized carbons (Fsp3) is 0.200. The third-order valence-electron chi connectivity index (χ3n) is 4.78. The van der Waals surface area contributed by atoms with E-state index < -0.39 is 36.0 Å². The van der Waals surface area contributed by atoms with Crippen LogP contribution in [0.1, 0.15) is 34.5 Å². The second kappa shape index (κ2) is 8.02. The number of aliphatic hydroxyl groups excluding tert-OH is 1. The number of aromatic hydroxyl groups is 1. The lowest BCUT2D eigenvalue weighted by Crippen LogP contribution is -2.29. The van der Waals surface area contributed by atoms with Gasteiger partial charge in [0.1, 0.15) is 6.73 Å². The molecule has 0 fully saturated rings. The van der Waals surface area contributed by atoms with Gasteiger partial charge in [-0.05, 0) is 49.7 Å². The topological polar surface area (TPSA) is 91.6 Å². The van der Waals surface area contributed by atoms with Crippen molar-refractivity contribution in [2.45, 2.75) is 19.8 Å². The summed E-state index contributed by atoms with van der Waals surface area (Å²) in [6, 6.07) is 6.90. The lowest BCUT2D eigenvalue weighted by Gasteiger charge is -2.13. The van der Waals surface area contributed by atoms with E-state index in [-0.39, 0.29) is 32.1 Å². The van der Waals surface area contributed by atoms with Crippen molar-refractivity contribution in [2.75, 3.05) is 6.73 Å². The number of aliphatic hydroxyl groups is 1. The van der Waals surface area contributed by atoms with Crippen LogP contribution in [0.4, 0.5) is 4.39 Å². The highest BCUT2D eigenvalue weighted by Gasteiger charge is 2.29. The Morgan fingerprint density at radius 3 is 2.52 bits per heavy atom. The molecule has 29 heavy (non-hydrogen) atoms. The Morgan fingerprint density at radius 1 is 1.21 bits per heavy atom. The van der Waals surface area contributed by atoms with Gasteiger partial charge in [-0.15, -0.1) is 0 Å².